The molecule has 2 heterocycles. The molecule has 1 aliphatic rings. The van der Waals surface area contributed by atoms with E-state index >= 15 is 0 Å². The van der Waals surface area contributed by atoms with Crippen molar-refractivity contribution in [3.8, 4) is 5.75 Å². The number of aryl methyl sites for hydroxylation is 1. The van der Waals surface area contributed by atoms with Crippen LogP contribution in [0.2, 0.25) is 0 Å². The highest BCUT2D eigenvalue weighted by Crippen LogP contribution is 2.29. The number of imide groups is 1. The number of hydrogen-bond donors (Lipinski definition) is 1. The van der Waals surface area contributed by atoms with E-state index in [0.717, 1.165) is 22.8 Å². The highest BCUT2D eigenvalue weighted by atomic mass is 16.6. The molecule has 4 rings (SSSR count). The summed E-state index contributed by atoms with van der Waals surface area (Å²) in [6.45, 7) is 1.79. The Morgan fingerprint density at radius 2 is 1.77 bits per heavy atom. The van der Waals surface area contributed by atoms with Crippen LogP contribution >= 0.6 is 0 Å². The summed E-state index contributed by atoms with van der Waals surface area (Å²) >= 11 is 0. The fourth-order valence-electron chi connectivity index (χ4n) is 4.07. The zero-order chi connectivity index (χ0) is 25.1. The summed E-state index contributed by atoms with van der Waals surface area (Å²) in [5.74, 6) is -1.84. The Hall–Kier alpha value is -4.47. The zero-order valence-electron chi connectivity index (χ0n) is 18.8. The molecule has 0 spiro atoms. The van der Waals surface area contributed by atoms with Crippen LogP contribution in [0.4, 0.5) is 5.69 Å². The molecule has 3 aromatic rings. The number of nitro groups is 1. The van der Waals surface area contributed by atoms with Crippen molar-refractivity contribution in [1.29, 1.82) is 0 Å². The first-order valence-corrected chi connectivity index (χ1v) is 11.0. The van der Waals surface area contributed by atoms with Gasteiger partial charge in [0.2, 0.25) is 5.91 Å². The molecule has 0 aliphatic carbocycles. The summed E-state index contributed by atoms with van der Waals surface area (Å²) in [4.78, 5) is 50.8. The minimum atomic E-state index is -1.27. The van der Waals surface area contributed by atoms with E-state index in [4.69, 9.17) is 4.42 Å². The normalized spacial score (nSPS) is 14.5. The lowest BCUT2D eigenvalue weighted by Gasteiger charge is -2.27. The van der Waals surface area contributed by atoms with Crippen LogP contribution in [0.25, 0.3) is 0 Å². The second kappa shape index (κ2) is 9.80. The van der Waals surface area contributed by atoms with Crippen LogP contribution in [0.15, 0.2) is 65.3 Å². The molecule has 10 heteroatoms. The van der Waals surface area contributed by atoms with E-state index in [-0.39, 0.29) is 29.2 Å². The molecule has 0 saturated heterocycles. The Kier molecular flexibility index (Phi) is 6.63. The molecule has 2 aromatic carbocycles. The van der Waals surface area contributed by atoms with Crippen molar-refractivity contribution < 1.29 is 28.8 Å². The van der Waals surface area contributed by atoms with Crippen LogP contribution in [0.1, 0.15) is 45.4 Å². The second-order valence-corrected chi connectivity index (χ2v) is 8.33. The van der Waals surface area contributed by atoms with Crippen LogP contribution in [-0.4, -0.2) is 39.6 Å². The SMILES string of the molecule is C[C@H](CCc1ccco1)NC(=O)[C@@H](Cc1ccc([O-])c([N+](=O)[O-])c1)N1C(=O)c2ccccc2C1=O. The van der Waals surface area contributed by atoms with Crippen molar-refractivity contribution in [2.24, 2.45) is 0 Å². The summed E-state index contributed by atoms with van der Waals surface area (Å²) in [6.07, 6.45) is 2.49. The number of amides is 3. The van der Waals surface area contributed by atoms with E-state index in [1.165, 1.54) is 18.2 Å². The molecule has 0 fully saturated rings. The fourth-order valence-corrected chi connectivity index (χ4v) is 4.07. The molecular weight excluding hydrogens is 454 g/mol. The van der Waals surface area contributed by atoms with Crippen LogP contribution < -0.4 is 10.4 Å². The van der Waals surface area contributed by atoms with Crippen molar-refractivity contribution in [2.75, 3.05) is 0 Å². The van der Waals surface area contributed by atoms with Gasteiger partial charge in [-0.3, -0.25) is 29.4 Å². The van der Waals surface area contributed by atoms with E-state index in [2.05, 4.69) is 5.32 Å². The first-order chi connectivity index (χ1) is 16.8. The predicted molar refractivity (Wildman–Crippen MR) is 122 cm³/mol. The summed E-state index contributed by atoms with van der Waals surface area (Å²) in [5, 5.41) is 25.9. The molecule has 180 valence electrons. The summed E-state index contributed by atoms with van der Waals surface area (Å²) in [5.41, 5.74) is -0.00353. The monoisotopic (exact) mass is 476 g/mol. The minimum absolute atomic E-state index is 0.182. The minimum Gasteiger partial charge on any atom is -0.868 e. The Bertz CT molecular complexity index is 1250. The van der Waals surface area contributed by atoms with Gasteiger partial charge in [0.05, 0.1) is 22.3 Å². The van der Waals surface area contributed by atoms with Crippen molar-refractivity contribution in [3.63, 3.8) is 0 Å². The maximum Gasteiger partial charge on any atom is 0.262 e. The number of benzene rings is 2. The van der Waals surface area contributed by atoms with Crippen LogP contribution in [-0.2, 0) is 17.6 Å². The molecule has 0 bridgehead atoms. The van der Waals surface area contributed by atoms with Crippen LogP contribution in [0, 0.1) is 10.1 Å². The number of rotatable bonds is 9. The van der Waals surface area contributed by atoms with E-state index in [9.17, 15) is 29.6 Å². The van der Waals surface area contributed by atoms with Gasteiger partial charge in [-0.25, -0.2) is 0 Å². The molecule has 10 nitrogen and oxygen atoms in total. The van der Waals surface area contributed by atoms with E-state index in [1.54, 1.807) is 31.4 Å². The van der Waals surface area contributed by atoms with Crippen molar-refractivity contribution >= 4 is 23.4 Å². The quantitative estimate of drug-likeness (QED) is 0.284. The highest BCUT2D eigenvalue weighted by molar-refractivity contribution is 6.22. The van der Waals surface area contributed by atoms with E-state index < -0.39 is 40.1 Å². The van der Waals surface area contributed by atoms with E-state index in [1.807, 2.05) is 6.07 Å². The van der Waals surface area contributed by atoms with Crippen LogP contribution in [0.3, 0.4) is 0 Å². The molecule has 35 heavy (non-hydrogen) atoms. The van der Waals surface area contributed by atoms with Gasteiger partial charge >= 0.3 is 0 Å². The Labute approximate surface area is 200 Å². The standard InChI is InChI=1S/C25H23N3O7/c1-15(8-10-17-5-4-12-35-17)26-23(30)21(14-16-9-11-22(29)20(13-16)28(33)34)27-24(31)18-6-2-3-7-19(18)25(27)32/h2-7,9,11-13,15,21,29H,8,10,14H2,1H3,(H,26,30)/p-1/t15-,21-/m1/s1. The number of nitrogens with zero attached hydrogens (tertiary/aromatic N) is 2. The molecule has 3 amide bonds. The number of carbonyl (C=O) groups excluding carboxylic acids is 3. The van der Waals surface area contributed by atoms with Crippen molar-refractivity contribution in [2.45, 2.75) is 38.3 Å². The highest BCUT2D eigenvalue weighted by Gasteiger charge is 2.43. The predicted octanol–water partition coefficient (Wildman–Crippen LogP) is 2.61. The van der Waals surface area contributed by atoms with Gasteiger partial charge in [0.15, 0.2) is 0 Å². The topological polar surface area (TPSA) is 146 Å². The lowest BCUT2D eigenvalue weighted by atomic mass is 10.0. The number of nitrogens with one attached hydrogen (secondary N) is 1. The Morgan fingerprint density at radius 3 is 2.37 bits per heavy atom. The maximum atomic E-state index is 13.4. The third-order valence-corrected chi connectivity index (χ3v) is 5.88. The first kappa shape index (κ1) is 23.7. The van der Waals surface area contributed by atoms with Gasteiger partial charge in [0.25, 0.3) is 17.5 Å². The zero-order valence-corrected chi connectivity index (χ0v) is 18.8. The molecule has 1 aromatic heterocycles. The third kappa shape index (κ3) is 4.91. The molecule has 0 unspecified atom stereocenters. The van der Waals surface area contributed by atoms with Crippen LogP contribution in [0.5, 0.6) is 5.75 Å². The van der Waals surface area contributed by atoms with Crippen molar-refractivity contribution in [1.82, 2.24) is 10.2 Å². The Balaban J connectivity index is 1.60. The van der Waals surface area contributed by atoms with Gasteiger partial charge in [-0.2, -0.15) is 0 Å². The van der Waals surface area contributed by atoms with E-state index in [0.29, 0.717) is 12.8 Å². The van der Waals surface area contributed by atoms with Crippen molar-refractivity contribution in [3.05, 3.63) is 93.4 Å². The average Bonchev–Trinajstić information content (AvgIpc) is 3.44. The first-order valence-electron chi connectivity index (χ1n) is 11.0. The maximum absolute atomic E-state index is 13.4. The van der Waals surface area contributed by atoms with Gasteiger partial charge in [0, 0.05) is 24.9 Å². The number of furan rings is 1. The Morgan fingerprint density at radius 1 is 1.09 bits per heavy atom. The van der Waals surface area contributed by atoms with Gasteiger partial charge in [-0.05, 0) is 48.9 Å². The average molecular weight is 476 g/mol. The summed E-state index contributed by atoms with van der Waals surface area (Å²) < 4.78 is 5.31. The number of nitro benzene ring substituents is 1. The molecule has 1 N–H and O–H groups in total. The van der Waals surface area contributed by atoms with Gasteiger partial charge in [0.1, 0.15) is 11.8 Å². The number of hydrogen-bond acceptors (Lipinski definition) is 7. The number of carbonyl (C=O) groups is 3. The smallest absolute Gasteiger partial charge is 0.262 e. The molecule has 2 atom stereocenters. The third-order valence-electron chi connectivity index (χ3n) is 5.88. The molecule has 0 radical (unpaired) electrons. The summed E-state index contributed by atoms with van der Waals surface area (Å²) in [7, 11) is 0. The van der Waals surface area contributed by atoms with Gasteiger partial charge in [-0.15, -0.1) is 0 Å². The second-order valence-electron chi connectivity index (χ2n) is 8.33. The van der Waals surface area contributed by atoms with Gasteiger partial charge < -0.3 is 14.8 Å². The molecular formula is C25H22N3O7-. The lowest BCUT2D eigenvalue weighted by Crippen LogP contribution is -2.52. The summed E-state index contributed by atoms with van der Waals surface area (Å²) in [6, 6.07) is 11.7. The van der Waals surface area contributed by atoms with Gasteiger partial charge in [-0.1, -0.05) is 24.3 Å². The largest absolute Gasteiger partial charge is 0.868 e. The molecule has 1 aliphatic heterocycles. The fraction of sp³-hybridized carbons (Fsp3) is 0.240. The lowest BCUT2D eigenvalue weighted by molar-refractivity contribution is -0.398. The number of fused-ring (bicyclic) bond motifs is 1. The molecule has 0 saturated carbocycles.